The van der Waals surface area contributed by atoms with E-state index in [9.17, 15) is 0 Å². The van der Waals surface area contributed by atoms with Crippen molar-refractivity contribution in [2.75, 3.05) is 33.3 Å². The number of halogens is 3. The predicted octanol–water partition coefficient (Wildman–Crippen LogP) is 5.31. The smallest absolute Gasteiger partial charge is 0.166 e. The number of nitrogens with zero attached hydrogens (tertiary/aromatic N) is 1. The van der Waals surface area contributed by atoms with Gasteiger partial charge in [-0.2, -0.15) is 0 Å². The molecule has 0 atom stereocenters. The zero-order valence-corrected chi connectivity index (χ0v) is 20.0. The minimum atomic E-state index is 0. The van der Waals surface area contributed by atoms with Gasteiger partial charge >= 0.3 is 0 Å². The van der Waals surface area contributed by atoms with Crippen LogP contribution in [0.2, 0.25) is 0 Å². The van der Waals surface area contributed by atoms with E-state index in [4.69, 9.17) is 9.47 Å². The lowest BCUT2D eigenvalue weighted by atomic mass is 10.1. The number of ether oxygens (including phenoxy) is 2. The summed E-state index contributed by atoms with van der Waals surface area (Å²) in [4.78, 5) is 2.40. The first kappa shape index (κ1) is 27.0. The summed E-state index contributed by atoms with van der Waals surface area (Å²) in [6.07, 6.45) is 0. The van der Waals surface area contributed by atoms with E-state index < -0.39 is 0 Å². The van der Waals surface area contributed by atoms with E-state index in [2.05, 4.69) is 58.2 Å². The van der Waals surface area contributed by atoms with Crippen molar-refractivity contribution >= 4 is 40.7 Å². The Morgan fingerprint density at radius 2 is 1.71 bits per heavy atom. The molecule has 0 saturated carbocycles. The van der Waals surface area contributed by atoms with Crippen molar-refractivity contribution in [3.8, 4) is 11.5 Å². The second-order valence-electron chi connectivity index (χ2n) is 6.07. The lowest BCUT2D eigenvalue weighted by Gasteiger charge is -2.19. The number of methoxy groups -OCH3 is 1. The molecule has 0 fully saturated rings. The fourth-order valence-electron chi connectivity index (χ4n) is 2.80. The van der Waals surface area contributed by atoms with Crippen LogP contribution in [0.4, 0.5) is 0 Å². The monoisotopic (exact) mass is 492 g/mol. The van der Waals surface area contributed by atoms with Gasteiger partial charge in [-0.05, 0) is 30.8 Å². The van der Waals surface area contributed by atoms with Gasteiger partial charge in [-0.3, -0.25) is 0 Å². The summed E-state index contributed by atoms with van der Waals surface area (Å²) in [5, 5.41) is 3.52. The first-order valence-corrected chi connectivity index (χ1v) is 9.93. The van der Waals surface area contributed by atoms with Crippen LogP contribution in [0.1, 0.15) is 25.0 Å². The Kier molecular flexibility index (Phi) is 14.4. The van der Waals surface area contributed by atoms with Gasteiger partial charge in [0.1, 0.15) is 6.61 Å². The molecular weight excluding hydrogens is 463 g/mol. The molecule has 2 rings (SSSR count). The van der Waals surface area contributed by atoms with Crippen LogP contribution in [0.5, 0.6) is 11.5 Å². The van der Waals surface area contributed by atoms with Crippen LogP contribution in [0, 0.1) is 0 Å². The van der Waals surface area contributed by atoms with Crippen molar-refractivity contribution < 1.29 is 9.47 Å². The summed E-state index contributed by atoms with van der Waals surface area (Å²) in [7, 11) is 1.68. The molecule has 0 bridgehead atoms. The Morgan fingerprint density at radius 1 is 1.04 bits per heavy atom. The Bertz CT molecular complexity index is 671. The summed E-state index contributed by atoms with van der Waals surface area (Å²) in [6, 6.07) is 14.2. The number of benzene rings is 2. The molecule has 28 heavy (non-hydrogen) atoms. The zero-order chi connectivity index (χ0) is 18.8. The molecular formula is C21H31BrCl2N2O2. The van der Waals surface area contributed by atoms with Gasteiger partial charge in [0.05, 0.1) is 7.11 Å². The summed E-state index contributed by atoms with van der Waals surface area (Å²) < 4.78 is 12.7. The van der Waals surface area contributed by atoms with E-state index >= 15 is 0 Å². The highest BCUT2D eigenvalue weighted by molar-refractivity contribution is 9.10. The lowest BCUT2D eigenvalue weighted by Crippen LogP contribution is -2.31. The number of likely N-dealkylation sites (N-methyl/N-ethyl adjacent to an activating group) is 1. The van der Waals surface area contributed by atoms with Crippen molar-refractivity contribution in [3.05, 3.63) is 58.1 Å². The predicted molar refractivity (Wildman–Crippen MR) is 125 cm³/mol. The molecule has 0 amide bonds. The van der Waals surface area contributed by atoms with Gasteiger partial charge in [-0.1, -0.05) is 60.1 Å². The number of rotatable bonds is 11. The fourth-order valence-corrected chi connectivity index (χ4v) is 3.28. The summed E-state index contributed by atoms with van der Waals surface area (Å²) >= 11 is 3.57. The van der Waals surface area contributed by atoms with Crippen LogP contribution < -0.4 is 14.8 Å². The molecule has 0 saturated heterocycles. The van der Waals surface area contributed by atoms with Gasteiger partial charge in [0.15, 0.2) is 11.5 Å². The van der Waals surface area contributed by atoms with E-state index in [1.165, 1.54) is 0 Å². The quantitative estimate of drug-likeness (QED) is 0.430. The SMILES string of the molecule is CCN(CC)CCNCc1cc(Br)cc(OC)c1OCc1ccccc1.Cl.Cl. The van der Waals surface area contributed by atoms with Crippen LogP contribution in [0.25, 0.3) is 0 Å². The highest BCUT2D eigenvalue weighted by Gasteiger charge is 2.13. The summed E-state index contributed by atoms with van der Waals surface area (Å²) in [6.45, 7) is 9.78. The van der Waals surface area contributed by atoms with Gasteiger partial charge in [0, 0.05) is 29.7 Å². The standard InChI is InChI=1S/C21H29BrN2O2.2ClH/c1-4-24(5-2)12-11-23-15-18-13-19(22)14-20(25-3)21(18)26-16-17-9-7-6-8-10-17;;/h6-10,13-14,23H,4-5,11-12,15-16H2,1-3H3;2*1H. The Labute approximate surface area is 189 Å². The minimum Gasteiger partial charge on any atom is -0.493 e. The largest absolute Gasteiger partial charge is 0.493 e. The maximum absolute atomic E-state index is 6.12. The topological polar surface area (TPSA) is 33.7 Å². The van der Waals surface area contributed by atoms with Crippen LogP contribution in [-0.2, 0) is 13.2 Å². The average Bonchev–Trinajstić information content (AvgIpc) is 2.67. The Morgan fingerprint density at radius 3 is 2.32 bits per heavy atom. The van der Waals surface area contributed by atoms with Crippen LogP contribution >= 0.6 is 40.7 Å². The number of nitrogens with one attached hydrogen (secondary N) is 1. The van der Waals surface area contributed by atoms with Gasteiger partial charge in [-0.15, -0.1) is 24.8 Å². The molecule has 0 aromatic heterocycles. The molecule has 7 heteroatoms. The maximum Gasteiger partial charge on any atom is 0.166 e. The highest BCUT2D eigenvalue weighted by Crippen LogP contribution is 2.35. The third kappa shape index (κ3) is 8.58. The first-order valence-electron chi connectivity index (χ1n) is 9.14. The van der Waals surface area contributed by atoms with Crippen LogP contribution in [0.15, 0.2) is 46.9 Å². The van der Waals surface area contributed by atoms with E-state index in [-0.39, 0.29) is 24.8 Å². The first-order chi connectivity index (χ1) is 12.7. The summed E-state index contributed by atoms with van der Waals surface area (Å²) in [5.41, 5.74) is 2.23. The molecule has 2 aromatic carbocycles. The van der Waals surface area contributed by atoms with E-state index in [1.807, 2.05) is 24.3 Å². The van der Waals surface area contributed by atoms with Crippen LogP contribution in [0.3, 0.4) is 0 Å². The van der Waals surface area contributed by atoms with Gasteiger partial charge in [-0.25, -0.2) is 0 Å². The molecule has 0 unspecified atom stereocenters. The van der Waals surface area contributed by atoms with Crippen LogP contribution in [-0.4, -0.2) is 38.2 Å². The lowest BCUT2D eigenvalue weighted by molar-refractivity contribution is 0.279. The highest BCUT2D eigenvalue weighted by atomic mass is 79.9. The Hall–Kier alpha value is -0.980. The molecule has 0 radical (unpaired) electrons. The summed E-state index contributed by atoms with van der Waals surface area (Å²) in [5.74, 6) is 1.55. The molecule has 0 aliphatic carbocycles. The molecule has 4 nitrogen and oxygen atoms in total. The van der Waals surface area contributed by atoms with Gasteiger partial charge in [0.25, 0.3) is 0 Å². The average molecular weight is 494 g/mol. The third-order valence-corrected chi connectivity index (χ3v) is 4.81. The zero-order valence-electron chi connectivity index (χ0n) is 16.7. The Balaban J connectivity index is 0.00000364. The van der Waals surface area contributed by atoms with E-state index in [0.717, 1.165) is 59.8 Å². The molecule has 0 aliphatic rings. The molecule has 158 valence electrons. The van der Waals surface area contributed by atoms with Gasteiger partial charge < -0.3 is 19.7 Å². The second kappa shape index (κ2) is 14.9. The molecule has 2 aromatic rings. The van der Waals surface area contributed by atoms with Crippen molar-refractivity contribution in [1.29, 1.82) is 0 Å². The third-order valence-electron chi connectivity index (χ3n) is 4.36. The van der Waals surface area contributed by atoms with E-state index in [1.54, 1.807) is 7.11 Å². The molecule has 0 spiro atoms. The van der Waals surface area contributed by atoms with Gasteiger partial charge in [0.2, 0.25) is 0 Å². The van der Waals surface area contributed by atoms with Crippen molar-refractivity contribution in [2.24, 2.45) is 0 Å². The molecule has 0 aliphatic heterocycles. The maximum atomic E-state index is 6.12. The molecule has 1 N–H and O–H groups in total. The van der Waals surface area contributed by atoms with Crippen molar-refractivity contribution in [1.82, 2.24) is 10.2 Å². The molecule has 0 heterocycles. The minimum absolute atomic E-state index is 0. The van der Waals surface area contributed by atoms with E-state index in [0.29, 0.717) is 6.61 Å². The van der Waals surface area contributed by atoms with Crippen molar-refractivity contribution in [3.63, 3.8) is 0 Å². The number of hydrogen-bond donors (Lipinski definition) is 1. The fraction of sp³-hybridized carbons (Fsp3) is 0.429. The number of hydrogen-bond acceptors (Lipinski definition) is 4. The second-order valence-corrected chi connectivity index (χ2v) is 6.99. The van der Waals surface area contributed by atoms with Crippen molar-refractivity contribution in [2.45, 2.75) is 27.0 Å². The normalized spacial score (nSPS) is 10.2.